The van der Waals surface area contributed by atoms with Crippen molar-refractivity contribution in [2.45, 2.75) is 18.8 Å². The highest BCUT2D eigenvalue weighted by Gasteiger charge is 2.14. The second-order valence-electron chi connectivity index (χ2n) is 4.04. The van der Waals surface area contributed by atoms with Gasteiger partial charge in [0, 0.05) is 12.3 Å². The fourth-order valence-electron chi connectivity index (χ4n) is 2.01. The Balaban J connectivity index is 2.09. The van der Waals surface area contributed by atoms with Crippen molar-refractivity contribution in [3.8, 4) is 0 Å². The van der Waals surface area contributed by atoms with Gasteiger partial charge in [0.25, 0.3) is 0 Å². The minimum atomic E-state index is 0.454. The highest BCUT2D eigenvalue weighted by molar-refractivity contribution is 5.18. The van der Waals surface area contributed by atoms with E-state index in [1.807, 2.05) is 12.1 Å². The zero-order valence-corrected chi connectivity index (χ0v) is 9.43. The second-order valence-corrected chi connectivity index (χ2v) is 4.04. The first kappa shape index (κ1) is 11.0. The first-order valence-corrected chi connectivity index (χ1v) is 5.76. The van der Waals surface area contributed by atoms with Gasteiger partial charge in [0.05, 0.1) is 12.8 Å². The van der Waals surface area contributed by atoms with Crippen molar-refractivity contribution in [1.29, 1.82) is 0 Å². The number of benzene rings is 1. The van der Waals surface area contributed by atoms with E-state index >= 15 is 0 Å². The Kier molecular flexibility index (Phi) is 3.78. The lowest BCUT2D eigenvalue weighted by Crippen LogP contribution is -2.50. The minimum absolute atomic E-state index is 0.454. The van der Waals surface area contributed by atoms with Gasteiger partial charge in [-0.2, -0.15) is 0 Å². The minimum Gasteiger partial charge on any atom is -0.469 e. The predicted molar refractivity (Wildman–Crippen MR) is 64.0 cm³/mol. The molecule has 1 aromatic carbocycles. The van der Waals surface area contributed by atoms with Crippen LogP contribution in [0.5, 0.6) is 0 Å². The quantitative estimate of drug-likeness (QED) is 0.818. The number of quaternary nitrogens is 1. The van der Waals surface area contributed by atoms with Crippen molar-refractivity contribution in [1.82, 2.24) is 0 Å². The summed E-state index contributed by atoms with van der Waals surface area (Å²) in [5.74, 6) is 1.53. The summed E-state index contributed by atoms with van der Waals surface area (Å²) in [4.78, 5) is 0. The molecule has 1 atom stereocenters. The van der Waals surface area contributed by atoms with Gasteiger partial charge in [-0.3, -0.25) is 0 Å². The molecule has 84 valence electrons. The largest absolute Gasteiger partial charge is 0.469 e. The van der Waals surface area contributed by atoms with Crippen molar-refractivity contribution in [2.75, 3.05) is 6.54 Å². The third kappa shape index (κ3) is 2.74. The van der Waals surface area contributed by atoms with Crippen LogP contribution in [0, 0.1) is 0 Å². The van der Waals surface area contributed by atoms with Crippen molar-refractivity contribution >= 4 is 0 Å². The van der Waals surface area contributed by atoms with E-state index in [-0.39, 0.29) is 0 Å². The average Bonchev–Trinajstić information content (AvgIpc) is 2.83. The monoisotopic (exact) mass is 216 g/mol. The van der Waals surface area contributed by atoms with Gasteiger partial charge in [-0.25, -0.2) is 0 Å². The molecule has 0 radical (unpaired) electrons. The lowest BCUT2D eigenvalue weighted by molar-refractivity contribution is -0.369. The lowest BCUT2D eigenvalue weighted by atomic mass is 9.94. The first-order chi connectivity index (χ1) is 7.90. The van der Waals surface area contributed by atoms with E-state index in [1.54, 1.807) is 6.26 Å². The van der Waals surface area contributed by atoms with Crippen molar-refractivity contribution in [3.63, 3.8) is 0 Å². The highest BCUT2D eigenvalue weighted by Crippen LogP contribution is 2.23. The molecule has 1 heterocycles. The van der Waals surface area contributed by atoms with Crippen molar-refractivity contribution in [3.05, 3.63) is 60.1 Å². The van der Waals surface area contributed by atoms with Crippen LogP contribution in [0.1, 0.15) is 23.7 Å². The Morgan fingerprint density at radius 1 is 1.06 bits per heavy atom. The van der Waals surface area contributed by atoms with Gasteiger partial charge < -0.3 is 10.2 Å². The first-order valence-electron chi connectivity index (χ1n) is 5.76. The van der Waals surface area contributed by atoms with Crippen molar-refractivity contribution in [2.24, 2.45) is 0 Å². The zero-order chi connectivity index (χ0) is 11.2. The van der Waals surface area contributed by atoms with Gasteiger partial charge in [0.15, 0.2) is 0 Å². The maximum atomic E-state index is 5.49. The van der Waals surface area contributed by atoms with E-state index < -0.39 is 0 Å². The average molecular weight is 216 g/mol. The highest BCUT2D eigenvalue weighted by atomic mass is 16.3. The van der Waals surface area contributed by atoms with Crippen LogP contribution in [0.25, 0.3) is 0 Å². The Morgan fingerprint density at radius 3 is 2.50 bits per heavy atom. The van der Waals surface area contributed by atoms with Gasteiger partial charge in [0.1, 0.15) is 5.76 Å². The molecular weight excluding hydrogens is 198 g/mol. The third-order valence-corrected chi connectivity index (χ3v) is 2.82. The SMILES string of the molecule is [NH3+]CCC(Cc1ccccc1)c1ccco1. The summed E-state index contributed by atoms with van der Waals surface area (Å²) in [7, 11) is 0. The van der Waals surface area contributed by atoms with E-state index in [1.165, 1.54) is 5.56 Å². The molecule has 0 aliphatic carbocycles. The molecule has 0 saturated heterocycles. The molecule has 2 rings (SSSR count). The summed E-state index contributed by atoms with van der Waals surface area (Å²) in [5.41, 5.74) is 5.29. The van der Waals surface area contributed by atoms with Crippen LogP contribution in [-0.2, 0) is 6.42 Å². The molecule has 0 saturated carbocycles. The standard InChI is InChI=1S/C14H17NO/c15-9-8-13(14-7-4-10-16-14)11-12-5-2-1-3-6-12/h1-7,10,13H,8-9,11,15H2/p+1. The van der Waals surface area contributed by atoms with E-state index in [9.17, 15) is 0 Å². The molecule has 0 aliphatic heterocycles. The zero-order valence-electron chi connectivity index (χ0n) is 9.43. The van der Waals surface area contributed by atoms with Crippen LogP contribution in [-0.4, -0.2) is 6.54 Å². The Hall–Kier alpha value is -1.54. The van der Waals surface area contributed by atoms with Crippen LogP contribution < -0.4 is 5.73 Å². The van der Waals surface area contributed by atoms with Gasteiger partial charge >= 0.3 is 0 Å². The van der Waals surface area contributed by atoms with E-state index in [0.29, 0.717) is 5.92 Å². The van der Waals surface area contributed by atoms with Gasteiger partial charge in [0.2, 0.25) is 0 Å². The van der Waals surface area contributed by atoms with Crippen LogP contribution >= 0.6 is 0 Å². The summed E-state index contributed by atoms with van der Waals surface area (Å²) in [5, 5.41) is 0. The Bertz CT molecular complexity index is 394. The number of rotatable bonds is 5. The van der Waals surface area contributed by atoms with Crippen LogP contribution in [0.2, 0.25) is 0 Å². The molecule has 0 aliphatic rings. The molecule has 2 aromatic rings. The number of furan rings is 1. The summed E-state index contributed by atoms with van der Waals surface area (Å²) < 4.78 is 5.49. The molecular formula is C14H18NO+. The molecule has 0 spiro atoms. The van der Waals surface area contributed by atoms with Crippen LogP contribution in [0.4, 0.5) is 0 Å². The summed E-state index contributed by atoms with van der Waals surface area (Å²) in [6.07, 6.45) is 3.85. The molecule has 0 amide bonds. The molecule has 3 N–H and O–H groups in total. The maximum Gasteiger partial charge on any atom is 0.107 e. The summed E-state index contributed by atoms with van der Waals surface area (Å²) >= 11 is 0. The number of hydrogen-bond acceptors (Lipinski definition) is 1. The predicted octanol–water partition coefficient (Wildman–Crippen LogP) is 2.24. The summed E-state index contributed by atoms with van der Waals surface area (Å²) in [6, 6.07) is 14.6. The molecule has 1 unspecified atom stereocenters. The topological polar surface area (TPSA) is 40.8 Å². The molecule has 0 fully saturated rings. The van der Waals surface area contributed by atoms with Gasteiger partial charge in [-0.1, -0.05) is 30.3 Å². The van der Waals surface area contributed by atoms with E-state index in [2.05, 4.69) is 36.1 Å². The van der Waals surface area contributed by atoms with Crippen molar-refractivity contribution < 1.29 is 10.2 Å². The fourth-order valence-corrected chi connectivity index (χ4v) is 2.01. The van der Waals surface area contributed by atoms with Crippen LogP contribution in [0.3, 0.4) is 0 Å². The molecule has 2 nitrogen and oxygen atoms in total. The molecule has 0 bridgehead atoms. The molecule has 2 heteroatoms. The third-order valence-electron chi connectivity index (χ3n) is 2.82. The maximum absolute atomic E-state index is 5.49. The fraction of sp³-hybridized carbons (Fsp3) is 0.286. The van der Waals surface area contributed by atoms with Gasteiger partial charge in [-0.05, 0) is 24.1 Å². The van der Waals surface area contributed by atoms with E-state index in [4.69, 9.17) is 4.42 Å². The Morgan fingerprint density at radius 2 is 1.88 bits per heavy atom. The van der Waals surface area contributed by atoms with E-state index in [0.717, 1.165) is 25.1 Å². The van der Waals surface area contributed by atoms with Gasteiger partial charge in [-0.15, -0.1) is 0 Å². The normalized spacial score (nSPS) is 12.6. The second kappa shape index (κ2) is 5.52. The molecule has 1 aromatic heterocycles. The molecule has 16 heavy (non-hydrogen) atoms. The Labute approximate surface area is 96.1 Å². The number of hydrogen-bond donors (Lipinski definition) is 1. The van der Waals surface area contributed by atoms with Crippen LogP contribution in [0.15, 0.2) is 53.1 Å². The smallest absolute Gasteiger partial charge is 0.107 e. The lowest BCUT2D eigenvalue weighted by Gasteiger charge is -2.12. The summed E-state index contributed by atoms with van der Waals surface area (Å²) in [6.45, 7) is 0.943.